The van der Waals surface area contributed by atoms with E-state index in [4.69, 9.17) is 16.3 Å². The maximum atomic E-state index is 14.3. The Balaban J connectivity index is 2.38. The van der Waals surface area contributed by atoms with E-state index in [0.717, 1.165) is 0 Å². The predicted molar refractivity (Wildman–Crippen MR) is 93.4 cm³/mol. The van der Waals surface area contributed by atoms with Gasteiger partial charge in [0.2, 0.25) is 0 Å². The average molecular weight is 414 g/mol. The zero-order chi connectivity index (χ0) is 17.4. The molecule has 0 fully saturated rings. The van der Waals surface area contributed by atoms with Crippen molar-refractivity contribution in [2.45, 2.75) is 20.0 Å². The highest BCUT2D eigenvalue weighted by molar-refractivity contribution is 9.10. The average Bonchev–Trinajstić information content (AvgIpc) is 2.50. The molecule has 0 bridgehead atoms. The van der Waals surface area contributed by atoms with E-state index in [9.17, 15) is 8.78 Å². The van der Waals surface area contributed by atoms with Gasteiger partial charge in [-0.05, 0) is 54.0 Å². The Labute approximate surface area is 150 Å². The Morgan fingerprint density at radius 2 is 1.88 bits per heavy atom. The topological polar surface area (TPSA) is 35.0 Å². The normalized spacial score (nSPS) is 11.3. The SMILES string of the molecule is CC(C)Oc1c(-c2c(F)cccc2Cl)nnc2cc(Br)c(F)cc12. The molecule has 1 aromatic heterocycles. The van der Waals surface area contributed by atoms with Crippen molar-refractivity contribution in [1.82, 2.24) is 10.2 Å². The molecular formula is C17H12BrClF2N2O. The van der Waals surface area contributed by atoms with Gasteiger partial charge in [0.05, 0.1) is 26.7 Å². The third kappa shape index (κ3) is 3.08. The number of nitrogens with zero attached hydrogens (tertiary/aromatic N) is 2. The van der Waals surface area contributed by atoms with E-state index in [2.05, 4.69) is 26.1 Å². The van der Waals surface area contributed by atoms with Crippen molar-refractivity contribution in [1.29, 1.82) is 0 Å². The van der Waals surface area contributed by atoms with Crippen LogP contribution in [-0.4, -0.2) is 16.3 Å². The maximum Gasteiger partial charge on any atom is 0.157 e. The first-order valence-electron chi connectivity index (χ1n) is 7.15. The summed E-state index contributed by atoms with van der Waals surface area (Å²) in [4.78, 5) is 0. The lowest BCUT2D eigenvalue weighted by atomic mass is 10.1. The van der Waals surface area contributed by atoms with Crippen LogP contribution in [0.25, 0.3) is 22.2 Å². The van der Waals surface area contributed by atoms with E-state index in [1.54, 1.807) is 6.07 Å². The fourth-order valence-corrected chi connectivity index (χ4v) is 2.90. The molecule has 0 aliphatic rings. The molecule has 0 aliphatic carbocycles. The smallest absolute Gasteiger partial charge is 0.157 e. The molecule has 3 rings (SSSR count). The highest BCUT2D eigenvalue weighted by Crippen LogP contribution is 2.40. The van der Waals surface area contributed by atoms with Crippen LogP contribution in [0, 0.1) is 11.6 Å². The van der Waals surface area contributed by atoms with Gasteiger partial charge in [-0.25, -0.2) is 8.78 Å². The van der Waals surface area contributed by atoms with Crippen LogP contribution in [0.5, 0.6) is 5.75 Å². The van der Waals surface area contributed by atoms with Crippen molar-refractivity contribution in [3.05, 3.63) is 51.5 Å². The summed E-state index contributed by atoms with van der Waals surface area (Å²) in [5.41, 5.74) is 0.642. The lowest BCUT2D eigenvalue weighted by molar-refractivity contribution is 0.245. The van der Waals surface area contributed by atoms with Gasteiger partial charge in [-0.15, -0.1) is 10.2 Å². The van der Waals surface area contributed by atoms with Gasteiger partial charge in [0.25, 0.3) is 0 Å². The van der Waals surface area contributed by atoms with Gasteiger partial charge in [-0.2, -0.15) is 0 Å². The summed E-state index contributed by atoms with van der Waals surface area (Å²) in [6.45, 7) is 3.63. The Hall–Kier alpha value is -1.79. The summed E-state index contributed by atoms with van der Waals surface area (Å²) in [6.07, 6.45) is -0.228. The molecule has 0 radical (unpaired) electrons. The summed E-state index contributed by atoms with van der Waals surface area (Å²) in [7, 11) is 0. The second kappa shape index (κ2) is 6.61. The molecule has 3 nitrogen and oxygen atoms in total. The molecule has 0 N–H and O–H groups in total. The van der Waals surface area contributed by atoms with Gasteiger partial charge in [0, 0.05) is 5.39 Å². The standard InChI is InChI=1S/C17H12BrClF2N2O/c1-8(2)24-17-9-6-13(21)10(18)7-14(9)22-23-16(17)15-11(19)4-3-5-12(15)20/h3-8H,1-2H3. The van der Waals surface area contributed by atoms with Crippen LogP contribution in [0.2, 0.25) is 5.02 Å². The van der Waals surface area contributed by atoms with Crippen LogP contribution >= 0.6 is 27.5 Å². The number of benzene rings is 2. The first-order chi connectivity index (χ1) is 11.4. The maximum absolute atomic E-state index is 14.3. The Morgan fingerprint density at radius 1 is 1.12 bits per heavy atom. The molecule has 1 heterocycles. The number of hydrogen-bond donors (Lipinski definition) is 0. The number of rotatable bonds is 3. The Kier molecular flexibility index (Phi) is 4.69. The van der Waals surface area contributed by atoms with Crippen LogP contribution in [0.1, 0.15) is 13.8 Å². The summed E-state index contributed by atoms with van der Waals surface area (Å²) in [5.74, 6) is -0.787. The monoisotopic (exact) mass is 412 g/mol. The summed E-state index contributed by atoms with van der Waals surface area (Å²) in [6, 6.07) is 7.10. The Bertz CT molecular complexity index is 914. The van der Waals surface area contributed by atoms with Crippen molar-refractivity contribution >= 4 is 38.4 Å². The fraction of sp³-hybridized carbons (Fsp3) is 0.176. The van der Waals surface area contributed by atoms with Crippen LogP contribution in [0.3, 0.4) is 0 Å². The molecule has 2 aromatic carbocycles. The minimum Gasteiger partial charge on any atom is -0.488 e. The molecule has 24 heavy (non-hydrogen) atoms. The molecule has 0 spiro atoms. The third-order valence-corrected chi connectivity index (χ3v) is 4.23. The lowest BCUT2D eigenvalue weighted by Gasteiger charge is -2.16. The van der Waals surface area contributed by atoms with Crippen LogP contribution in [0.4, 0.5) is 8.78 Å². The Morgan fingerprint density at radius 3 is 2.54 bits per heavy atom. The van der Waals surface area contributed by atoms with E-state index < -0.39 is 11.6 Å². The van der Waals surface area contributed by atoms with Crippen molar-refractivity contribution in [2.75, 3.05) is 0 Å². The van der Waals surface area contributed by atoms with Crippen LogP contribution in [-0.2, 0) is 0 Å². The predicted octanol–water partition coefficient (Wildman–Crippen LogP) is 5.78. The van der Waals surface area contributed by atoms with Gasteiger partial charge in [0.1, 0.15) is 17.3 Å². The van der Waals surface area contributed by atoms with Crippen molar-refractivity contribution in [2.24, 2.45) is 0 Å². The fourth-order valence-electron chi connectivity index (χ4n) is 2.32. The molecular weight excluding hydrogens is 402 g/mol. The minimum atomic E-state index is -0.553. The summed E-state index contributed by atoms with van der Waals surface area (Å²) in [5, 5.41) is 8.71. The largest absolute Gasteiger partial charge is 0.488 e. The molecule has 3 aromatic rings. The molecule has 7 heteroatoms. The molecule has 0 aliphatic heterocycles. The van der Waals surface area contributed by atoms with Gasteiger partial charge in [-0.3, -0.25) is 0 Å². The van der Waals surface area contributed by atoms with E-state index >= 15 is 0 Å². The molecule has 0 unspecified atom stereocenters. The third-order valence-electron chi connectivity index (χ3n) is 3.31. The lowest BCUT2D eigenvalue weighted by Crippen LogP contribution is -2.09. The first kappa shape index (κ1) is 17.0. The number of aromatic nitrogens is 2. The van der Waals surface area contributed by atoms with Crippen molar-refractivity contribution in [3.63, 3.8) is 0 Å². The first-order valence-corrected chi connectivity index (χ1v) is 8.32. The van der Waals surface area contributed by atoms with Gasteiger partial charge >= 0.3 is 0 Å². The van der Waals surface area contributed by atoms with Gasteiger partial charge in [0.15, 0.2) is 5.75 Å². The van der Waals surface area contributed by atoms with Crippen molar-refractivity contribution in [3.8, 4) is 17.0 Å². The van der Waals surface area contributed by atoms with Gasteiger partial charge in [-0.1, -0.05) is 17.7 Å². The number of ether oxygens (including phenoxy) is 1. The van der Waals surface area contributed by atoms with Gasteiger partial charge < -0.3 is 4.74 Å². The summed E-state index contributed by atoms with van der Waals surface area (Å²) < 4.78 is 34.4. The summed E-state index contributed by atoms with van der Waals surface area (Å²) >= 11 is 9.25. The van der Waals surface area contributed by atoms with E-state index in [0.29, 0.717) is 10.9 Å². The zero-order valence-corrected chi connectivity index (χ0v) is 15.1. The molecule has 0 saturated heterocycles. The highest BCUT2D eigenvalue weighted by atomic mass is 79.9. The van der Waals surface area contributed by atoms with Crippen LogP contribution < -0.4 is 4.74 Å². The van der Waals surface area contributed by atoms with E-state index in [-0.39, 0.29) is 32.6 Å². The zero-order valence-electron chi connectivity index (χ0n) is 12.8. The van der Waals surface area contributed by atoms with E-state index in [1.165, 1.54) is 24.3 Å². The molecule has 0 atom stereocenters. The quantitative estimate of drug-likeness (QED) is 0.546. The molecule has 0 saturated carbocycles. The molecule has 124 valence electrons. The highest BCUT2D eigenvalue weighted by Gasteiger charge is 2.21. The van der Waals surface area contributed by atoms with Crippen LogP contribution in [0.15, 0.2) is 34.8 Å². The van der Waals surface area contributed by atoms with E-state index in [1.807, 2.05) is 13.8 Å². The number of hydrogen-bond acceptors (Lipinski definition) is 3. The second-order valence-corrected chi connectivity index (χ2v) is 6.69. The minimum absolute atomic E-state index is 0.0764. The number of halogens is 4. The second-order valence-electron chi connectivity index (χ2n) is 5.42. The number of fused-ring (bicyclic) bond motifs is 1. The molecule has 0 amide bonds. The van der Waals surface area contributed by atoms with Crippen molar-refractivity contribution < 1.29 is 13.5 Å².